The van der Waals surface area contributed by atoms with Gasteiger partial charge in [-0.15, -0.1) is 0 Å². The summed E-state index contributed by atoms with van der Waals surface area (Å²) in [4.78, 5) is 14.3. The minimum absolute atomic E-state index is 0.153. The van der Waals surface area contributed by atoms with Gasteiger partial charge in [-0.3, -0.25) is 4.79 Å². The van der Waals surface area contributed by atoms with Crippen molar-refractivity contribution in [2.75, 3.05) is 59.1 Å². The molecule has 1 rings (SSSR count). The van der Waals surface area contributed by atoms with Crippen molar-refractivity contribution < 1.29 is 13.2 Å². The van der Waals surface area contributed by atoms with Crippen LogP contribution in [0.25, 0.3) is 0 Å². The number of piperazine rings is 1. The SMILES string of the molecule is CN(C)CCCNC(=O)C(C)(C)CS(=O)(=O)N1CCNCC1. The second-order valence-corrected chi connectivity index (χ2v) is 8.67. The monoisotopic (exact) mass is 334 g/mol. The first-order valence-corrected chi connectivity index (χ1v) is 9.38. The highest BCUT2D eigenvalue weighted by atomic mass is 32.2. The molecular weight excluding hydrogens is 304 g/mol. The lowest BCUT2D eigenvalue weighted by molar-refractivity contribution is -0.128. The zero-order valence-corrected chi connectivity index (χ0v) is 15.0. The number of hydrogen-bond donors (Lipinski definition) is 2. The summed E-state index contributed by atoms with van der Waals surface area (Å²) in [5.41, 5.74) is -0.929. The standard InChI is InChI=1S/C14H30N4O3S/c1-14(2,13(19)16-6-5-9-17(3)4)12-22(20,21)18-10-7-15-8-11-18/h15H,5-12H2,1-4H3,(H,16,19). The van der Waals surface area contributed by atoms with Crippen molar-refractivity contribution in [2.45, 2.75) is 20.3 Å². The van der Waals surface area contributed by atoms with Crippen LogP contribution in [0, 0.1) is 5.41 Å². The van der Waals surface area contributed by atoms with Crippen LogP contribution in [-0.2, 0) is 14.8 Å². The molecule has 8 heteroatoms. The molecule has 130 valence electrons. The van der Waals surface area contributed by atoms with Gasteiger partial charge in [0, 0.05) is 32.7 Å². The van der Waals surface area contributed by atoms with Crippen LogP contribution >= 0.6 is 0 Å². The number of carbonyl (C=O) groups is 1. The van der Waals surface area contributed by atoms with E-state index < -0.39 is 15.4 Å². The minimum atomic E-state index is -3.41. The largest absolute Gasteiger partial charge is 0.356 e. The van der Waals surface area contributed by atoms with Gasteiger partial charge in [-0.1, -0.05) is 0 Å². The second-order valence-electron chi connectivity index (χ2n) is 6.70. The van der Waals surface area contributed by atoms with Crippen molar-refractivity contribution in [1.82, 2.24) is 19.8 Å². The zero-order valence-electron chi connectivity index (χ0n) is 14.2. The van der Waals surface area contributed by atoms with Gasteiger partial charge in [0.25, 0.3) is 0 Å². The lowest BCUT2D eigenvalue weighted by Crippen LogP contribution is -2.50. The third-order valence-corrected chi connectivity index (χ3v) is 5.93. The maximum absolute atomic E-state index is 12.4. The molecule has 1 amide bonds. The fourth-order valence-electron chi connectivity index (χ4n) is 2.37. The molecule has 22 heavy (non-hydrogen) atoms. The molecule has 0 aromatic carbocycles. The van der Waals surface area contributed by atoms with Gasteiger partial charge in [0.15, 0.2) is 0 Å². The van der Waals surface area contributed by atoms with Crippen LogP contribution in [-0.4, -0.2) is 82.6 Å². The second kappa shape index (κ2) is 8.24. The first kappa shape index (κ1) is 19.3. The van der Waals surface area contributed by atoms with E-state index in [9.17, 15) is 13.2 Å². The first-order chi connectivity index (χ1) is 10.1. The number of hydrogen-bond acceptors (Lipinski definition) is 5. The lowest BCUT2D eigenvalue weighted by atomic mass is 9.95. The van der Waals surface area contributed by atoms with Gasteiger partial charge in [0.1, 0.15) is 0 Å². The van der Waals surface area contributed by atoms with E-state index in [1.807, 2.05) is 19.0 Å². The quantitative estimate of drug-likeness (QED) is 0.575. The van der Waals surface area contributed by atoms with E-state index in [0.29, 0.717) is 32.7 Å². The Labute approximate surface area is 134 Å². The van der Waals surface area contributed by atoms with Gasteiger partial charge in [-0.25, -0.2) is 8.42 Å². The molecule has 0 aromatic rings. The summed E-state index contributed by atoms with van der Waals surface area (Å²) < 4.78 is 26.3. The predicted octanol–water partition coefficient (Wildman–Crippen LogP) is -0.684. The van der Waals surface area contributed by atoms with E-state index in [2.05, 4.69) is 10.6 Å². The molecule has 1 heterocycles. The van der Waals surface area contributed by atoms with Gasteiger partial charge in [0.2, 0.25) is 15.9 Å². The Hall–Kier alpha value is -0.700. The van der Waals surface area contributed by atoms with E-state index in [-0.39, 0.29) is 11.7 Å². The summed E-state index contributed by atoms with van der Waals surface area (Å²) >= 11 is 0. The first-order valence-electron chi connectivity index (χ1n) is 7.77. The molecule has 0 atom stereocenters. The van der Waals surface area contributed by atoms with Crippen molar-refractivity contribution in [1.29, 1.82) is 0 Å². The van der Waals surface area contributed by atoms with Crippen molar-refractivity contribution in [3.63, 3.8) is 0 Å². The van der Waals surface area contributed by atoms with Crippen LogP contribution in [0.2, 0.25) is 0 Å². The highest BCUT2D eigenvalue weighted by Gasteiger charge is 2.36. The van der Waals surface area contributed by atoms with Crippen LogP contribution in [0.4, 0.5) is 0 Å². The molecule has 7 nitrogen and oxygen atoms in total. The maximum Gasteiger partial charge on any atom is 0.226 e. The molecule has 0 aromatic heterocycles. The van der Waals surface area contributed by atoms with Crippen molar-refractivity contribution >= 4 is 15.9 Å². The predicted molar refractivity (Wildman–Crippen MR) is 88.2 cm³/mol. The Balaban J connectivity index is 2.51. The Morgan fingerprint density at radius 1 is 1.27 bits per heavy atom. The summed E-state index contributed by atoms with van der Waals surface area (Å²) in [5.74, 6) is -0.357. The number of rotatable bonds is 8. The zero-order chi connectivity index (χ0) is 16.8. The third kappa shape index (κ3) is 6.20. The van der Waals surface area contributed by atoms with Crippen LogP contribution in [0.5, 0.6) is 0 Å². The number of sulfonamides is 1. The Morgan fingerprint density at radius 3 is 2.41 bits per heavy atom. The number of carbonyl (C=O) groups excluding carboxylic acids is 1. The Kier molecular flexibility index (Phi) is 7.24. The van der Waals surface area contributed by atoms with E-state index in [4.69, 9.17) is 0 Å². The molecule has 0 bridgehead atoms. The van der Waals surface area contributed by atoms with Gasteiger partial charge >= 0.3 is 0 Å². The maximum atomic E-state index is 12.4. The minimum Gasteiger partial charge on any atom is -0.356 e. The van der Waals surface area contributed by atoms with Crippen LogP contribution < -0.4 is 10.6 Å². The smallest absolute Gasteiger partial charge is 0.226 e. The molecule has 0 spiro atoms. The van der Waals surface area contributed by atoms with E-state index in [1.165, 1.54) is 4.31 Å². The van der Waals surface area contributed by atoms with Crippen LogP contribution in [0.15, 0.2) is 0 Å². The summed E-state index contributed by atoms with van der Waals surface area (Å²) in [6, 6.07) is 0. The van der Waals surface area contributed by atoms with Gasteiger partial charge in [0.05, 0.1) is 11.2 Å². The Bertz CT molecular complexity index is 457. The fraction of sp³-hybridized carbons (Fsp3) is 0.929. The van der Waals surface area contributed by atoms with E-state index in [0.717, 1.165) is 13.0 Å². The summed E-state index contributed by atoms with van der Waals surface area (Å²) in [6.07, 6.45) is 0.847. The molecule has 2 N–H and O–H groups in total. The molecule has 0 aliphatic carbocycles. The average molecular weight is 334 g/mol. The lowest BCUT2D eigenvalue weighted by Gasteiger charge is -2.30. The van der Waals surface area contributed by atoms with Crippen LogP contribution in [0.3, 0.4) is 0 Å². The summed E-state index contributed by atoms with van der Waals surface area (Å²) in [5, 5.41) is 5.97. The highest BCUT2D eigenvalue weighted by molar-refractivity contribution is 7.89. The number of nitrogens with one attached hydrogen (secondary N) is 2. The number of nitrogens with zero attached hydrogens (tertiary/aromatic N) is 2. The molecular formula is C14H30N4O3S. The molecule has 1 aliphatic rings. The molecule has 1 saturated heterocycles. The number of amides is 1. The summed E-state index contributed by atoms with van der Waals surface area (Å²) in [6.45, 7) is 7.11. The molecule has 0 saturated carbocycles. The van der Waals surface area contributed by atoms with Crippen molar-refractivity contribution in [3.8, 4) is 0 Å². The molecule has 0 unspecified atom stereocenters. The fourth-order valence-corrected chi connectivity index (χ4v) is 4.34. The van der Waals surface area contributed by atoms with Gasteiger partial charge in [-0.2, -0.15) is 4.31 Å². The topological polar surface area (TPSA) is 81.8 Å². The third-order valence-electron chi connectivity index (χ3n) is 3.69. The molecule has 1 fully saturated rings. The normalized spacial score (nSPS) is 17.7. The van der Waals surface area contributed by atoms with Gasteiger partial charge in [-0.05, 0) is 40.9 Å². The average Bonchev–Trinajstić information content (AvgIpc) is 2.43. The summed E-state index contributed by atoms with van der Waals surface area (Å²) in [7, 11) is 0.550. The van der Waals surface area contributed by atoms with Crippen molar-refractivity contribution in [2.24, 2.45) is 5.41 Å². The van der Waals surface area contributed by atoms with Crippen LogP contribution in [0.1, 0.15) is 20.3 Å². The Morgan fingerprint density at radius 2 is 1.86 bits per heavy atom. The van der Waals surface area contributed by atoms with Crippen molar-refractivity contribution in [3.05, 3.63) is 0 Å². The molecule has 0 radical (unpaired) electrons. The molecule has 1 aliphatic heterocycles. The highest BCUT2D eigenvalue weighted by Crippen LogP contribution is 2.20. The van der Waals surface area contributed by atoms with Gasteiger partial charge < -0.3 is 15.5 Å². The van der Waals surface area contributed by atoms with E-state index >= 15 is 0 Å². The van der Waals surface area contributed by atoms with E-state index in [1.54, 1.807) is 13.8 Å².